The van der Waals surface area contributed by atoms with E-state index in [0.29, 0.717) is 19.3 Å². The van der Waals surface area contributed by atoms with E-state index in [-0.39, 0.29) is 43.5 Å². The summed E-state index contributed by atoms with van der Waals surface area (Å²) in [6, 6.07) is -4.14. The van der Waals surface area contributed by atoms with Gasteiger partial charge in [-0.25, -0.2) is 4.98 Å². The molecule has 0 spiro atoms. The molecule has 8 N–H and O–H groups in total. The van der Waals surface area contributed by atoms with Crippen molar-refractivity contribution >= 4 is 41.4 Å². The average Bonchev–Trinajstić information content (AvgIpc) is 3.92. The van der Waals surface area contributed by atoms with Crippen LogP contribution >= 0.6 is 0 Å². The first-order valence-corrected chi connectivity index (χ1v) is 17.1. The van der Waals surface area contributed by atoms with Gasteiger partial charge in [0, 0.05) is 37.6 Å². The van der Waals surface area contributed by atoms with E-state index in [1.54, 1.807) is 0 Å². The SMILES string of the molecule is NC(=O)[C@@H]1CCNC(=O)[C@H](CCCNC(=O)c2cnccn2)NC(=O)[C@H](CC2CCCCC2)NC(=O)[C@H](CC2CC2)NC(=O)/C=C/C(=O)N1. The third-order valence-electron chi connectivity index (χ3n) is 8.99. The molecule has 1 aliphatic heterocycles. The summed E-state index contributed by atoms with van der Waals surface area (Å²) in [6.07, 6.45) is 14.0. The van der Waals surface area contributed by atoms with E-state index in [1.165, 1.54) is 18.6 Å². The van der Waals surface area contributed by atoms with Gasteiger partial charge >= 0.3 is 0 Å². The smallest absolute Gasteiger partial charge is 0.271 e. The molecule has 4 rings (SSSR count). The maximum atomic E-state index is 13.9. The molecule has 1 aromatic rings. The molecule has 4 atom stereocenters. The van der Waals surface area contributed by atoms with Gasteiger partial charge in [0.1, 0.15) is 29.9 Å². The van der Waals surface area contributed by atoms with Crippen molar-refractivity contribution in [1.82, 2.24) is 41.9 Å². The van der Waals surface area contributed by atoms with Crippen molar-refractivity contribution in [2.24, 2.45) is 17.6 Å². The Hall–Kier alpha value is -4.89. The van der Waals surface area contributed by atoms with Crippen LogP contribution < -0.4 is 37.6 Å². The van der Waals surface area contributed by atoms with Crippen LogP contribution in [0.15, 0.2) is 30.7 Å². The Bertz CT molecular complexity index is 1380. The number of nitrogens with one attached hydrogen (secondary N) is 6. The van der Waals surface area contributed by atoms with Gasteiger partial charge in [-0.2, -0.15) is 0 Å². The predicted molar refractivity (Wildman–Crippen MR) is 176 cm³/mol. The van der Waals surface area contributed by atoms with Crippen molar-refractivity contribution < 1.29 is 33.6 Å². The van der Waals surface area contributed by atoms with Crippen molar-refractivity contribution in [3.63, 3.8) is 0 Å². The minimum absolute atomic E-state index is 0.0501. The fourth-order valence-electron chi connectivity index (χ4n) is 6.07. The van der Waals surface area contributed by atoms with E-state index < -0.39 is 65.5 Å². The fourth-order valence-corrected chi connectivity index (χ4v) is 6.07. The van der Waals surface area contributed by atoms with Crippen molar-refractivity contribution in [2.75, 3.05) is 13.1 Å². The second-order valence-electron chi connectivity index (χ2n) is 13.0. The zero-order valence-corrected chi connectivity index (χ0v) is 27.6. The number of hydrogen-bond acceptors (Lipinski definition) is 9. The van der Waals surface area contributed by atoms with E-state index in [2.05, 4.69) is 41.9 Å². The van der Waals surface area contributed by atoms with Crippen molar-refractivity contribution in [3.05, 3.63) is 36.4 Å². The van der Waals surface area contributed by atoms with Crippen LogP contribution in [0.2, 0.25) is 0 Å². The van der Waals surface area contributed by atoms with Crippen LogP contribution in [-0.4, -0.2) is 88.6 Å². The molecule has 266 valence electrons. The van der Waals surface area contributed by atoms with Gasteiger partial charge in [-0.05, 0) is 43.9 Å². The lowest BCUT2D eigenvalue weighted by Crippen LogP contribution is -2.57. The zero-order chi connectivity index (χ0) is 35.2. The first kappa shape index (κ1) is 36.9. The number of carbonyl (C=O) groups is 7. The van der Waals surface area contributed by atoms with Crippen LogP contribution in [0.1, 0.15) is 87.5 Å². The highest BCUT2D eigenvalue weighted by molar-refractivity contribution is 6.00. The number of carbonyl (C=O) groups excluding carboxylic acids is 7. The topological polar surface area (TPSA) is 243 Å². The molecule has 0 radical (unpaired) electrons. The first-order valence-electron chi connectivity index (χ1n) is 17.1. The lowest BCUT2D eigenvalue weighted by atomic mass is 9.84. The summed E-state index contributed by atoms with van der Waals surface area (Å²) >= 11 is 0. The molecule has 0 saturated heterocycles. The maximum Gasteiger partial charge on any atom is 0.271 e. The lowest BCUT2D eigenvalue weighted by molar-refractivity contribution is -0.134. The quantitative estimate of drug-likeness (QED) is 0.154. The molecular formula is C33H47N9O7. The highest BCUT2D eigenvalue weighted by Crippen LogP contribution is 2.34. The van der Waals surface area contributed by atoms with Gasteiger partial charge in [0.2, 0.25) is 35.4 Å². The summed E-state index contributed by atoms with van der Waals surface area (Å²) in [7, 11) is 0. The molecule has 2 heterocycles. The van der Waals surface area contributed by atoms with Crippen LogP contribution in [0, 0.1) is 11.8 Å². The van der Waals surface area contributed by atoms with E-state index in [4.69, 9.17) is 5.73 Å². The minimum atomic E-state index is -1.16. The van der Waals surface area contributed by atoms with Gasteiger partial charge in [-0.1, -0.05) is 44.9 Å². The number of nitrogens with two attached hydrogens (primary N) is 1. The Labute approximate surface area is 285 Å². The number of amides is 7. The van der Waals surface area contributed by atoms with E-state index in [9.17, 15) is 33.6 Å². The predicted octanol–water partition coefficient (Wildman–Crippen LogP) is -0.742. The molecule has 16 nitrogen and oxygen atoms in total. The fraction of sp³-hybridized carbons (Fsp3) is 0.606. The summed E-state index contributed by atoms with van der Waals surface area (Å²) in [5.41, 5.74) is 5.60. The molecule has 0 aromatic carbocycles. The van der Waals surface area contributed by atoms with Crippen molar-refractivity contribution in [1.29, 1.82) is 0 Å². The van der Waals surface area contributed by atoms with Crippen molar-refractivity contribution in [2.45, 2.75) is 101 Å². The molecule has 2 saturated carbocycles. The van der Waals surface area contributed by atoms with Gasteiger partial charge in [0.25, 0.3) is 5.91 Å². The average molecular weight is 682 g/mol. The molecule has 2 aliphatic carbocycles. The van der Waals surface area contributed by atoms with Crippen LogP contribution in [0.25, 0.3) is 0 Å². The molecule has 7 amide bonds. The summed E-state index contributed by atoms with van der Waals surface area (Å²) < 4.78 is 0. The van der Waals surface area contributed by atoms with Gasteiger partial charge < -0.3 is 37.6 Å². The van der Waals surface area contributed by atoms with Gasteiger partial charge in [0.05, 0.1) is 6.20 Å². The molecule has 0 bridgehead atoms. The molecule has 16 heteroatoms. The second-order valence-corrected chi connectivity index (χ2v) is 13.0. The Balaban J connectivity index is 1.53. The highest BCUT2D eigenvalue weighted by atomic mass is 16.2. The molecular weight excluding hydrogens is 634 g/mol. The van der Waals surface area contributed by atoms with E-state index in [0.717, 1.165) is 57.1 Å². The molecule has 0 unspecified atom stereocenters. The second kappa shape index (κ2) is 18.6. The van der Waals surface area contributed by atoms with Crippen LogP contribution in [0.3, 0.4) is 0 Å². The number of nitrogens with zero attached hydrogens (tertiary/aromatic N) is 2. The Morgan fingerprint density at radius 3 is 2.02 bits per heavy atom. The minimum Gasteiger partial charge on any atom is -0.368 e. The standard InChI is InChI=1S/C33H47N9O7/c34-29(45)22-12-14-38-30(46)23(7-4-13-37-31(47)26-19-35-15-16-36-26)41-33(49)25(17-20-5-2-1-3-6-20)42-32(48)24(18-21-8-9-21)40-28(44)11-10-27(43)39-22/h10-11,15-16,19-25H,1-9,12-14,17-18H2,(H2,34,45)(H,37,47)(H,38,46)(H,39,43)(H,40,44)(H,41,49)(H,42,48)/b11-10+/t22-,23-,24-,25-/m0/s1. The number of aromatic nitrogens is 2. The van der Waals surface area contributed by atoms with Gasteiger partial charge in [-0.3, -0.25) is 38.5 Å². The van der Waals surface area contributed by atoms with Gasteiger partial charge in [0.15, 0.2) is 0 Å². The summed E-state index contributed by atoms with van der Waals surface area (Å²) in [5.74, 6) is -3.91. The normalized spacial score (nSPS) is 25.7. The summed E-state index contributed by atoms with van der Waals surface area (Å²) in [5, 5.41) is 16.2. The number of rotatable bonds is 10. The van der Waals surface area contributed by atoms with Crippen LogP contribution in [-0.2, 0) is 28.8 Å². The summed E-state index contributed by atoms with van der Waals surface area (Å²) in [4.78, 5) is 98.6. The molecule has 3 aliphatic rings. The maximum absolute atomic E-state index is 13.9. The Morgan fingerprint density at radius 1 is 0.755 bits per heavy atom. The number of primary amides is 1. The third-order valence-corrected chi connectivity index (χ3v) is 8.99. The third kappa shape index (κ3) is 12.6. The monoisotopic (exact) mass is 681 g/mol. The molecule has 49 heavy (non-hydrogen) atoms. The first-order chi connectivity index (χ1) is 23.6. The van der Waals surface area contributed by atoms with Crippen molar-refractivity contribution in [3.8, 4) is 0 Å². The van der Waals surface area contributed by atoms with E-state index >= 15 is 0 Å². The lowest BCUT2D eigenvalue weighted by Gasteiger charge is -2.29. The summed E-state index contributed by atoms with van der Waals surface area (Å²) in [6.45, 7) is 0.0981. The Morgan fingerprint density at radius 2 is 1.39 bits per heavy atom. The zero-order valence-electron chi connectivity index (χ0n) is 27.6. The van der Waals surface area contributed by atoms with E-state index in [1.807, 2.05) is 0 Å². The number of hydrogen-bond donors (Lipinski definition) is 7. The Kier molecular flexibility index (Phi) is 14.0. The van der Waals surface area contributed by atoms with Crippen LogP contribution in [0.5, 0.6) is 0 Å². The largest absolute Gasteiger partial charge is 0.368 e. The van der Waals surface area contributed by atoms with Gasteiger partial charge in [-0.15, -0.1) is 0 Å². The molecule has 2 fully saturated rings. The van der Waals surface area contributed by atoms with Crippen LogP contribution in [0.4, 0.5) is 0 Å². The molecule has 1 aromatic heterocycles. The highest BCUT2D eigenvalue weighted by Gasteiger charge is 2.34.